The Morgan fingerprint density at radius 2 is 1.91 bits per heavy atom. The third kappa shape index (κ3) is 2.94. The third-order valence-corrected chi connectivity index (χ3v) is 5.30. The first-order chi connectivity index (χ1) is 10.9. The second-order valence-corrected chi connectivity index (χ2v) is 7.58. The van der Waals surface area contributed by atoms with E-state index in [1.807, 2.05) is 0 Å². The third-order valence-electron chi connectivity index (χ3n) is 3.23. The molecule has 0 spiro atoms. The SMILES string of the molecule is [CH2]c1cc(-c2ccccc2F)n(S(=O)(=O)c2cncc(Br)c2)c1. The van der Waals surface area contributed by atoms with E-state index in [1.54, 1.807) is 12.1 Å². The van der Waals surface area contributed by atoms with Gasteiger partial charge < -0.3 is 0 Å². The Balaban J connectivity index is 2.24. The summed E-state index contributed by atoms with van der Waals surface area (Å²) in [6, 6.07) is 8.96. The predicted molar refractivity (Wildman–Crippen MR) is 88.8 cm³/mol. The van der Waals surface area contributed by atoms with Gasteiger partial charge in [-0.2, -0.15) is 0 Å². The van der Waals surface area contributed by atoms with Crippen molar-refractivity contribution in [3.63, 3.8) is 0 Å². The maximum absolute atomic E-state index is 14.1. The van der Waals surface area contributed by atoms with Gasteiger partial charge in [-0.15, -0.1) is 0 Å². The highest BCUT2D eigenvalue weighted by molar-refractivity contribution is 9.10. The summed E-state index contributed by atoms with van der Waals surface area (Å²) in [5.41, 5.74) is 0.872. The number of hydrogen-bond acceptors (Lipinski definition) is 3. The molecule has 3 aromatic rings. The molecule has 0 fully saturated rings. The van der Waals surface area contributed by atoms with Crippen LogP contribution in [-0.4, -0.2) is 17.4 Å². The highest BCUT2D eigenvalue weighted by Gasteiger charge is 2.23. The van der Waals surface area contributed by atoms with Crippen molar-refractivity contribution < 1.29 is 12.8 Å². The predicted octanol–water partition coefficient (Wildman–Crippen LogP) is 3.87. The maximum atomic E-state index is 14.1. The van der Waals surface area contributed by atoms with Crippen LogP contribution in [0.15, 0.2) is 64.4 Å². The first-order valence-corrected chi connectivity index (χ1v) is 8.78. The molecular weight excluding hydrogens is 383 g/mol. The lowest BCUT2D eigenvalue weighted by Crippen LogP contribution is -2.13. The van der Waals surface area contributed by atoms with Crippen LogP contribution in [0, 0.1) is 12.7 Å². The van der Waals surface area contributed by atoms with Gasteiger partial charge >= 0.3 is 0 Å². The van der Waals surface area contributed by atoms with Crippen LogP contribution in [0.2, 0.25) is 0 Å². The topological polar surface area (TPSA) is 52.0 Å². The molecule has 0 bridgehead atoms. The van der Waals surface area contributed by atoms with Gasteiger partial charge in [0.15, 0.2) is 0 Å². The van der Waals surface area contributed by atoms with Crippen LogP contribution in [-0.2, 0) is 10.0 Å². The molecule has 7 heteroatoms. The molecule has 2 heterocycles. The van der Waals surface area contributed by atoms with Gasteiger partial charge in [0.2, 0.25) is 0 Å². The average Bonchev–Trinajstić information content (AvgIpc) is 2.90. The van der Waals surface area contributed by atoms with Crippen molar-refractivity contribution in [1.82, 2.24) is 8.96 Å². The zero-order valence-electron chi connectivity index (χ0n) is 11.8. The largest absolute Gasteiger partial charge is 0.269 e. The normalized spacial score (nSPS) is 11.6. The molecule has 0 atom stereocenters. The fraction of sp³-hybridized carbons (Fsp3) is 0. The van der Waals surface area contributed by atoms with Crippen molar-refractivity contribution in [3.05, 3.63) is 77.8 Å². The number of pyridine rings is 1. The second-order valence-electron chi connectivity index (χ2n) is 4.85. The summed E-state index contributed by atoms with van der Waals surface area (Å²) in [5, 5.41) is 0. The zero-order valence-corrected chi connectivity index (χ0v) is 14.2. The zero-order chi connectivity index (χ0) is 16.6. The van der Waals surface area contributed by atoms with Gasteiger partial charge in [-0.05, 0) is 52.7 Å². The van der Waals surface area contributed by atoms with Crippen molar-refractivity contribution >= 4 is 26.0 Å². The molecule has 117 valence electrons. The van der Waals surface area contributed by atoms with Crippen LogP contribution in [0.5, 0.6) is 0 Å². The van der Waals surface area contributed by atoms with Gasteiger partial charge in [0.05, 0.1) is 5.69 Å². The molecule has 3 rings (SSSR count). The van der Waals surface area contributed by atoms with E-state index in [4.69, 9.17) is 0 Å². The summed E-state index contributed by atoms with van der Waals surface area (Å²) in [6.45, 7) is 3.75. The van der Waals surface area contributed by atoms with Gasteiger partial charge in [-0.1, -0.05) is 12.1 Å². The summed E-state index contributed by atoms with van der Waals surface area (Å²) < 4.78 is 41.3. The number of benzene rings is 1. The molecular formula is C16H11BrFN2O2S. The molecule has 0 amide bonds. The Kier molecular flexibility index (Phi) is 4.08. The minimum atomic E-state index is -3.92. The van der Waals surface area contributed by atoms with Crippen molar-refractivity contribution in [1.29, 1.82) is 0 Å². The first kappa shape index (κ1) is 15.9. The van der Waals surface area contributed by atoms with Gasteiger partial charge in [0.25, 0.3) is 10.0 Å². The average molecular weight is 394 g/mol. The van der Waals surface area contributed by atoms with Crippen LogP contribution >= 0.6 is 15.9 Å². The highest BCUT2D eigenvalue weighted by Crippen LogP contribution is 2.29. The van der Waals surface area contributed by atoms with E-state index in [9.17, 15) is 12.8 Å². The Labute approximate surface area is 141 Å². The lowest BCUT2D eigenvalue weighted by molar-refractivity contribution is 0.587. The highest BCUT2D eigenvalue weighted by atomic mass is 79.9. The number of hydrogen-bond donors (Lipinski definition) is 0. The van der Waals surface area contributed by atoms with Crippen LogP contribution in [0.3, 0.4) is 0 Å². The van der Waals surface area contributed by atoms with E-state index in [2.05, 4.69) is 27.8 Å². The fourth-order valence-electron chi connectivity index (χ4n) is 2.21. The molecule has 2 aromatic heterocycles. The van der Waals surface area contributed by atoms with Crippen molar-refractivity contribution in [2.24, 2.45) is 0 Å². The summed E-state index contributed by atoms with van der Waals surface area (Å²) >= 11 is 3.20. The maximum Gasteiger partial charge on any atom is 0.269 e. The van der Waals surface area contributed by atoms with Crippen LogP contribution in [0.4, 0.5) is 4.39 Å². The fourth-order valence-corrected chi connectivity index (χ4v) is 4.11. The first-order valence-electron chi connectivity index (χ1n) is 6.55. The molecule has 0 N–H and O–H groups in total. The molecule has 0 saturated heterocycles. The molecule has 4 nitrogen and oxygen atoms in total. The number of rotatable bonds is 3. The number of halogens is 2. The second kappa shape index (κ2) is 5.90. The quantitative estimate of drug-likeness (QED) is 0.678. The van der Waals surface area contributed by atoms with Crippen molar-refractivity contribution in [2.75, 3.05) is 0 Å². The van der Waals surface area contributed by atoms with E-state index < -0.39 is 15.8 Å². The lowest BCUT2D eigenvalue weighted by atomic mass is 10.1. The van der Waals surface area contributed by atoms with Crippen LogP contribution < -0.4 is 0 Å². The Hall–Kier alpha value is -1.99. The Morgan fingerprint density at radius 3 is 2.61 bits per heavy atom. The monoisotopic (exact) mass is 393 g/mol. The van der Waals surface area contributed by atoms with Gasteiger partial charge in [-0.25, -0.2) is 16.8 Å². The summed E-state index contributed by atoms with van der Waals surface area (Å²) in [7, 11) is -3.92. The van der Waals surface area contributed by atoms with E-state index in [-0.39, 0.29) is 16.2 Å². The minimum absolute atomic E-state index is 0.0000595. The summed E-state index contributed by atoms with van der Waals surface area (Å²) in [5.74, 6) is -0.505. The smallest absolute Gasteiger partial charge is 0.262 e. The molecule has 23 heavy (non-hydrogen) atoms. The van der Waals surface area contributed by atoms with E-state index in [0.717, 1.165) is 3.97 Å². The van der Waals surface area contributed by atoms with Crippen LogP contribution in [0.1, 0.15) is 5.56 Å². The minimum Gasteiger partial charge on any atom is -0.262 e. The van der Waals surface area contributed by atoms with Gasteiger partial charge in [0, 0.05) is 28.6 Å². The summed E-state index contributed by atoms with van der Waals surface area (Å²) in [6.07, 6.45) is 4.09. The molecule has 0 unspecified atom stereocenters. The van der Waals surface area contributed by atoms with Crippen molar-refractivity contribution in [2.45, 2.75) is 4.90 Å². The van der Waals surface area contributed by atoms with Gasteiger partial charge in [0.1, 0.15) is 10.7 Å². The molecule has 0 saturated carbocycles. The van der Waals surface area contributed by atoms with E-state index in [1.165, 1.54) is 42.9 Å². The molecule has 0 aliphatic rings. The molecule has 0 aliphatic carbocycles. The number of aromatic nitrogens is 2. The van der Waals surface area contributed by atoms with Gasteiger partial charge in [-0.3, -0.25) is 4.98 Å². The Bertz CT molecular complexity index is 983. The summed E-state index contributed by atoms with van der Waals surface area (Å²) in [4.78, 5) is 3.87. The van der Waals surface area contributed by atoms with Crippen LogP contribution in [0.25, 0.3) is 11.3 Å². The molecule has 0 aliphatic heterocycles. The number of nitrogens with zero attached hydrogens (tertiary/aromatic N) is 2. The van der Waals surface area contributed by atoms with E-state index in [0.29, 0.717) is 10.0 Å². The standard InChI is InChI=1S/C16H11BrFN2O2S/c1-11-6-16(14-4-2-3-5-15(14)18)20(10-11)23(21,22)13-7-12(17)8-19-9-13/h2-10H,1H2. The van der Waals surface area contributed by atoms with Crippen molar-refractivity contribution in [3.8, 4) is 11.3 Å². The molecule has 1 radical (unpaired) electrons. The Morgan fingerprint density at radius 1 is 1.17 bits per heavy atom. The lowest BCUT2D eigenvalue weighted by Gasteiger charge is -2.11. The molecule has 1 aromatic carbocycles. The van der Waals surface area contributed by atoms with E-state index >= 15 is 0 Å².